The smallest absolute Gasteiger partial charge is 0.145 e. The molecule has 0 atom stereocenters. The summed E-state index contributed by atoms with van der Waals surface area (Å²) in [6.45, 7) is 3.28. The van der Waals surface area contributed by atoms with Crippen LogP contribution in [-0.4, -0.2) is 21.5 Å². The number of benzene rings is 1. The summed E-state index contributed by atoms with van der Waals surface area (Å²) in [5.41, 5.74) is 7.34. The molecular weight excluding hydrogens is 276 g/mol. The molecule has 0 aliphatic rings. The minimum atomic E-state index is 0.191. The van der Waals surface area contributed by atoms with E-state index in [4.69, 9.17) is 22.1 Å². The van der Waals surface area contributed by atoms with E-state index in [1.807, 2.05) is 41.9 Å². The second kappa shape index (κ2) is 6.96. The predicted octanol–water partition coefficient (Wildman–Crippen LogP) is 2.71. The van der Waals surface area contributed by atoms with Crippen LogP contribution in [0.15, 0.2) is 41.5 Å². The molecule has 20 heavy (non-hydrogen) atoms. The molecule has 2 aromatic rings. The van der Waals surface area contributed by atoms with Crippen molar-refractivity contribution in [3.8, 4) is 5.75 Å². The molecule has 0 aliphatic carbocycles. The lowest BCUT2D eigenvalue weighted by atomic mass is 10.3. The second-order valence-electron chi connectivity index (χ2n) is 4.13. The van der Waals surface area contributed by atoms with Crippen LogP contribution < -0.4 is 10.5 Å². The number of aryl methyl sites for hydroxylation is 1. The van der Waals surface area contributed by atoms with Gasteiger partial charge < -0.3 is 10.5 Å². The van der Waals surface area contributed by atoms with E-state index >= 15 is 0 Å². The maximum atomic E-state index is 5.80. The fourth-order valence-electron chi connectivity index (χ4n) is 1.78. The highest BCUT2D eigenvalue weighted by atomic mass is 35.5. The van der Waals surface area contributed by atoms with Gasteiger partial charge in [-0.25, -0.2) is 4.99 Å². The fraction of sp³-hybridized carbons (Fsp3) is 0.286. The lowest BCUT2D eigenvalue weighted by Crippen LogP contribution is -2.12. The Kier molecular flexibility index (Phi) is 5.01. The van der Waals surface area contributed by atoms with Crippen molar-refractivity contribution in [3.63, 3.8) is 0 Å². The number of nitrogens with zero attached hydrogens (tertiary/aromatic N) is 3. The Hall–Kier alpha value is -2.01. The molecule has 5 nitrogen and oxygen atoms in total. The Morgan fingerprint density at radius 1 is 1.40 bits per heavy atom. The molecule has 0 aliphatic heterocycles. The van der Waals surface area contributed by atoms with Gasteiger partial charge in [0.05, 0.1) is 11.6 Å². The molecule has 0 spiro atoms. The van der Waals surface area contributed by atoms with E-state index < -0.39 is 0 Å². The first-order chi connectivity index (χ1) is 9.74. The summed E-state index contributed by atoms with van der Waals surface area (Å²) in [7, 11) is 0. The number of hydrogen-bond donors (Lipinski definition) is 1. The van der Waals surface area contributed by atoms with Crippen LogP contribution in [0.3, 0.4) is 0 Å². The summed E-state index contributed by atoms with van der Waals surface area (Å²) in [5, 5.41) is 4.20. The maximum Gasteiger partial charge on any atom is 0.145 e. The first kappa shape index (κ1) is 14.4. The summed E-state index contributed by atoms with van der Waals surface area (Å²) in [5.74, 6) is 1.22. The van der Waals surface area contributed by atoms with E-state index in [2.05, 4.69) is 10.1 Å². The van der Waals surface area contributed by atoms with Gasteiger partial charge in [0.2, 0.25) is 0 Å². The van der Waals surface area contributed by atoms with Crippen molar-refractivity contribution in [1.29, 1.82) is 0 Å². The van der Waals surface area contributed by atoms with Gasteiger partial charge in [0, 0.05) is 12.7 Å². The highest BCUT2D eigenvalue weighted by Crippen LogP contribution is 2.27. The Morgan fingerprint density at radius 2 is 2.20 bits per heavy atom. The summed E-state index contributed by atoms with van der Waals surface area (Å²) in [4.78, 5) is 4.24. The number of amidine groups is 1. The molecule has 1 heterocycles. The lowest BCUT2D eigenvalue weighted by Gasteiger charge is -2.10. The third-order valence-electron chi connectivity index (χ3n) is 2.75. The number of hydrogen-bond acceptors (Lipinski definition) is 3. The highest BCUT2D eigenvalue weighted by molar-refractivity contribution is 6.28. The van der Waals surface area contributed by atoms with Gasteiger partial charge in [0.1, 0.15) is 23.9 Å². The summed E-state index contributed by atoms with van der Waals surface area (Å²) >= 11 is 5.64. The molecule has 1 aromatic carbocycles. The van der Waals surface area contributed by atoms with E-state index in [0.29, 0.717) is 23.9 Å². The van der Waals surface area contributed by atoms with Crippen molar-refractivity contribution in [2.24, 2.45) is 10.7 Å². The monoisotopic (exact) mass is 292 g/mol. The number of halogens is 1. The van der Waals surface area contributed by atoms with Gasteiger partial charge in [-0.15, -0.1) is 11.6 Å². The molecule has 2 rings (SSSR count). The predicted molar refractivity (Wildman–Crippen MR) is 80.7 cm³/mol. The topological polar surface area (TPSA) is 65.4 Å². The van der Waals surface area contributed by atoms with Gasteiger partial charge in [-0.05, 0) is 25.1 Å². The van der Waals surface area contributed by atoms with Gasteiger partial charge in [0.25, 0.3) is 0 Å². The first-order valence-electron chi connectivity index (χ1n) is 6.36. The number of ether oxygens (including phenoxy) is 1. The van der Waals surface area contributed by atoms with Gasteiger partial charge in [-0.1, -0.05) is 12.1 Å². The van der Waals surface area contributed by atoms with E-state index in [-0.39, 0.29) is 5.88 Å². The zero-order chi connectivity index (χ0) is 14.4. The standard InChI is InChI=1S/C14H17ClN4O/c1-2-19-11(7-8-17-19)10-20-13-6-4-3-5-12(13)18-14(16)9-15/h3-8H,2,9-10H2,1H3,(H2,16,18). The average Bonchev–Trinajstić information content (AvgIpc) is 2.93. The molecule has 0 bridgehead atoms. The van der Waals surface area contributed by atoms with Crippen LogP contribution in [0.5, 0.6) is 5.75 Å². The Balaban J connectivity index is 2.14. The number of nitrogens with two attached hydrogens (primary N) is 1. The molecule has 106 valence electrons. The minimum Gasteiger partial charge on any atom is -0.485 e. The number of aliphatic imine (C=N–C) groups is 1. The zero-order valence-electron chi connectivity index (χ0n) is 11.3. The third kappa shape index (κ3) is 3.51. The van der Waals surface area contributed by atoms with Crippen molar-refractivity contribution >= 4 is 23.1 Å². The number of para-hydroxylation sites is 2. The van der Waals surface area contributed by atoms with Crippen LogP contribution in [0.2, 0.25) is 0 Å². The van der Waals surface area contributed by atoms with Crippen molar-refractivity contribution in [2.75, 3.05) is 5.88 Å². The summed E-state index contributed by atoms with van der Waals surface area (Å²) in [6, 6.07) is 9.40. The lowest BCUT2D eigenvalue weighted by molar-refractivity contribution is 0.293. The highest BCUT2D eigenvalue weighted by Gasteiger charge is 2.05. The van der Waals surface area contributed by atoms with Crippen LogP contribution in [0.1, 0.15) is 12.6 Å². The van der Waals surface area contributed by atoms with E-state index in [9.17, 15) is 0 Å². The molecule has 0 saturated carbocycles. The Labute approximate surface area is 123 Å². The van der Waals surface area contributed by atoms with Crippen molar-refractivity contribution in [2.45, 2.75) is 20.1 Å². The Morgan fingerprint density at radius 3 is 2.95 bits per heavy atom. The summed E-state index contributed by atoms with van der Waals surface area (Å²) in [6.07, 6.45) is 1.76. The molecule has 1 aromatic heterocycles. The van der Waals surface area contributed by atoms with Crippen molar-refractivity contribution in [1.82, 2.24) is 9.78 Å². The van der Waals surface area contributed by atoms with Crippen LogP contribution >= 0.6 is 11.6 Å². The van der Waals surface area contributed by atoms with Crippen LogP contribution in [0.25, 0.3) is 0 Å². The average molecular weight is 293 g/mol. The second-order valence-corrected chi connectivity index (χ2v) is 4.40. The molecule has 0 fully saturated rings. The molecule has 0 amide bonds. The van der Waals surface area contributed by atoms with Crippen molar-refractivity contribution in [3.05, 3.63) is 42.2 Å². The summed E-state index contributed by atoms with van der Waals surface area (Å²) < 4.78 is 7.69. The van der Waals surface area contributed by atoms with Crippen LogP contribution in [0, 0.1) is 0 Å². The van der Waals surface area contributed by atoms with Crippen LogP contribution in [0.4, 0.5) is 5.69 Å². The number of aromatic nitrogens is 2. The van der Waals surface area contributed by atoms with Gasteiger partial charge in [-0.3, -0.25) is 4.68 Å². The van der Waals surface area contributed by atoms with E-state index in [0.717, 1.165) is 12.2 Å². The number of alkyl halides is 1. The first-order valence-corrected chi connectivity index (χ1v) is 6.89. The van der Waals surface area contributed by atoms with Crippen LogP contribution in [-0.2, 0) is 13.2 Å². The minimum absolute atomic E-state index is 0.191. The van der Waals surface area contributed by atoms with Gasteiger partial charge in [0.15, 0.2) is 0 Å². The maximum absolute atomic E-state index is 5.80. The largest absolute Gasteiger partial charge is 0.485 e. The normalized spacial score (nSPS) is 11.6. The van der Waals surface area contributed by atoms with E-state index in [1.54, 1.807) is 6.20 Å². The molecule has 6 heteroatoms. The SMILES string of the molecule is CCn1nccc1COc1ccccc1N=C(N)CCl. The fourth-order valence-corrected chi connectivity index (χ4v) is 1.84. The quantitative estimate of drug-likeness (QED) is 0.506. The number of rotatable bonds is 6. The van der Waals surface area contributed by atoms with E-state index in [1.165, 1.54) is 0 Å². The molecular formula is C14H17ClN4O. The van der Waals surface area contributed by atoms with Crippen molar-refractivity contribution < 1.29 is 4.74 Å². The van der Waals surface area contributed by atoms with Gasteiger partial charge >= 0.3 is 0 Å². The van der Waals surface area contributed by atoms with Gasteiger partial charge in [-0.2, -0.15) is 5.10 Å². The Bertz CT molecular complexity index is 594. The molecule has 0 radical (unpaired) electrons. The molecule has 2 N–H and O–H groups in total. The zero-order valence-corrected chi connectivity index (χ0v) is 12.0. The molecule has 0 unspecified atom stereocenters. The third-order valence-corrected chi connectivity index (χ3v) is 3.02. The molecule has 0 saturated heterocycles.